The molecule has 2 N–H and O–H groups in total. The van der Waals surface area contributed by atoms with Gasteiger partial charge in [0.25, 0.3) is 0 Å². The molecule has 1 aromatic heterocycles. The van der Waals surface area contributed by atoms with E-state index < -0.39 is 0 Å². The number of hydrogen-bond acceptors (Lipinski definition) is 4. The summed E-state index contributed by atoms with van der Waals surface area (Å²) in [6.07, 6.45) is 1.73. The van der Waals surface area contributed by atoms with Gasteiger partial charge < -0.3 is 15.2 Å². The largest absolute Gasteiger partial charge is 0.397 e. The molecule has 0 saturated heterocycles. The predicted molar refractivity (Wildman–Crippen MR) is 66.6 cm³/mol. The van der Waals surface area contributed by atoms with Crippen LogP contribution in [0.3, 0.4) is 0 Å². The van der Waals surface area contributed by atoms with Gasteiger partial charge in [0.2, 0.25) is 0 Å². The Balaban J connectivity index is 1.95. The Morgan fingerprint density at radius 2 is 2.17 bits per heavy atom. The summed E-state index contributed by atoms with van der Waals surface area (Å²) >= 11 is 0. The lowest BCUT2D eigenvalue weighted by Crippen LogP contribution is -2.34. The molecule has 1 aliphatic rings. The van der Waals surface area contributed by atoms with Crippen LogP contribution in [0.5, 0.6) is 0 Å². The Morgan fingerprint density at radius 3 is 3.00 bits per heavy atom. The molecule has 5 nitrogen and oxygen atoms in total. The zero-order chi connectivity index (χ0) is 12.7. The topological polar surface area (TPSA) is 60.0 Å². The van der Waals surface area contributed by atoms with Crippen molar-refractivity contribution in [3.05, 3.63) is 35.7 Å². The van der Waals surface area contributed by atoms with Crippen LogP contribution in [0.4, 0.5) is 15.8 Å². The predicted octanol–water partition coefficient (Wildman–Crippen LogP) is 1.33. The van der Waals surface area contributed by atoms with Crippen molar-refractivity contribution in [2.24, 2.45) is 0 Å². The van der Waals surface area contributed by atoms with Crippen molar-refractivity contribution in [1.82, 2.24) is 14.8 Å². The van der Waals surface area contributed by atoms with Gasteiger partial charge in [-0.3, -0.25) is 0 Å². The maximum atomic E-state index is 13.4. The number of halogens is 1. The second kappa shape index (κ2) is 3.97. The number of aromatic nitrogens is 3. The average Bonchev–Trinajstić information content (AvgIpc) is 2.80. The summed E-state index contributed by atoms with van der Waals surface area (Å²) in [5.41, 5.74) is 7.82. The van der Waals surface area contributed by atoms with E-state index in [1.165, 1.54) is 6.07 Å². The minimum absolute atomic E-state index is 0.267. The molecule has 6 heteroatoms. The Hall–Kier alpha value is -2.11. The lowest BCUT2D eigenvalue weighted by molar-refractivity contribution is 0.559. The van der Waals surface area contributed by atoms with E-state index in [9.17, 15) is 4.39 Å². The van der Waals surface area contributed by atoms with Gasteiger partial charge in [0, 0.05) is 13.1 Å². The molecule has 2 heterocycles. The van der Waals surface area contributed by atoms with Gasteiger partial charge in [-0.15, -0.1) is 10.2 Å². The van der Waals surface area contributed by atoms with Gasteiger partial charge in [-0.25, -0.2) is 4.39 Å². The highest BCUT2D eigenvalue weighted by Gasteiger charge is 2.20. The molecule has 0 amide bonds. The molecule has 0 spiro atoms. The van der Waals surface area contributed by atoms with E-state index in [0.29, 0.717) is 17.8 Å². The summed E-state index contributed by atoms with van der Waals surface area (Å²) in [6, 6.07) is 3.17. The summed E-state index contributed by atoms with van der Waals surface area (Å²) in [7, 11) is 0. The zero-order valence-corrected chi connectivity index (χ0v) is 10.1. The monoisotopic (exact) mass is 247 g/mol. The number of nitrogen functional groups attached to an aromatic ring is 1. The van der Waals surface area contributed by atoms with Crippen LogP contribution in [0.25, 0.3) is 0 Å². The van der Waals surface area contributed by atoms with Crippen molar-refractivity contribution in [1.29, 1.82) is 0 Å². The number of anilines is 2. The molecule has 0 atom stereocenters. The van der Waals surface area contributed by atoms with Crippen molar-refractivity contribution in [3.63, 3.8) is 0 Å². The molecule has 1 aliphatic heterocycles. The van der Waals surface area contributed by atoms with E-state index in [2.05, 4.69) is 15.1 Å². The summed E-state index contributed by atoms with van der Waals surface area (Å²) in [5, 5.41) is 7.94. The van der Waals surface area contributed by atoms with Crippen molar-refractivity contribution in [3.8, 4) is 0 Å². The second-order valence-corrected chi connectivity index (χ2v) is 4.52. The average molecular weight is 247 g/mol. The van der Waals surface area contributed by atoms with Gasteiger partial charge in [0.1, 0.15) is 12.1 Å². The summed E-state index contributed by atoms with van der Waals surface area (Å²) in [4.78, 5) is 2.10. The van der Waals surface area contributed by atoms with Crippen LogP contribution in [-0.4, -0.2) is 21.3 Å². The van der Waals surface area contributed by atoms with E-state index in [4.69, 9.17) is 5.73 Å². The highest BCUT2D eigenvalue weighted by atomic mass is 19.1. The number of aryl methyl sites for hydroxylation is 1. The standard InChI is InChI=1S/C12H14FN5/c1-8-4-11(10(14)5-9(8)13)17-2-3-18-7-15-16-12(18)6-17/h4-5,7H,2-3,6,14H2,1H3. The third-order valence-electron chi connectivity index (χ3n) is 3.29. The van der Waals surface area contributed by atoms with E-state index in [1.54, 1.807) is 19.3 Å². The van der Waals surface area contributed by atoms with Crippen molar-refractivity contribution < 1.29 is 4.39 Å². The van der Waals surface area contributed by atoms with Crippen LogP contribution in [0.15, 0.2) is 18.5 Å². The molecule has 0 fully saturated rings. The molecule has 0 aliphatic carbocycles. The van der Waals surface area contributed by atoms with Crippen molar-refractivity contribution >= 4 is 11.4 Å². The second-order valence-electron chi connectivity index (χ2n) is 4.52. The number of nitrogens with two attached hydrogens (primary N) is 1. The first kappa shape index (κ1) is 11.0. The highest BCUT2D eigenvalue weighted by Crippen LogP contribution is 2.28. The first-order valence-electron chi connectivity index (χ1n) is 5.82. The number of nitrogens with zero attached hydrogens (tertiary/aromatic N) is 4. The third-order valence-corrected chi connectivity index (χ3v) is 3.29. The lowest BCUT2D eigenvalue weighted by Gasteiger charge is -2.30. The smallest absolute Gasteiger partial charge is 0.152 e. The zero-order valence-electron chi connectivity index (χ0n) is 10.1. The van der Waals surface area contributed by atoms with Gasteiger partial charge in [0.05, 0.1) is 17.9 Å². The fraction of sp³-hybridized carbons (Fsp3) is 0.333. The molecule has 18 heavy (non-hydrogen) atoms. The van der Waals surface area contributed by atoms with Crippen LogP contribution in [-0.2, 0) is 13.1 Å². The number of hydrogen-bond donors (Lipinski definition) is 1. The number of rotatable bonds is 1. The van der Waals surface area contributed by atoms with Gasteiger partial charge >= 0.3 is 0 Å². The third kappa shape index (κ3) is 1.70. The van der Waals surface area contributed by atoms with Crippen LogP contribution in [0.2, 0.25) is 0 Å². The molecule has 0 bridgehead atoms. The molecule has 0 saturated carbocycles. The summed E-state index contributed by atoms with van der Waals surface area (Å²) < 4.78 is 15.4. The maximum absolute atomic E-state index is 13.4. The molecule has 94 valence electrons. The molecule has 0 radical (unpaired) electrons. The van der Waals surface area contributed by atoms with Crippen LogP contribution < -0.4 is 10.6 Å². The lowest BCUT2D eigenvalue weighted by atomic mass is 10.1. The molecular formula is C12H14FN5. The van der Waals surface area contributed by atoms with Crippen LogP contribution in [0.1, 0.15) is 11.4 Å². The molecule has 1 aromatic carbocycles. The normalized spacial score (nSPS) is 14.7. The Kier molecular flexibility index (Phi) is 2.43. The summed E-state index contributed by atoms with van der Waals surface area (Å²) in [5.74, 6) is 0.638. The van der Waals surface area contributed by atoms with Gasteiger partial charge in [-0.05, 0) is 24.6 Å². The first-order valence-corrected chi connectivity index (χ1v) is 5.82. The Bertz CT molecular complexity index is 592. The van der Waals surface area contributed by atoms with E-state index in [-0.39, 0.29) is 5.82 Å². The SMILES string of the molecule is Cc1cc(N2CCn3cnnc3C2)c(N)cc1F. The molecule has 3 rings (SSSR count). The Morgan fingerprint density at radius 1 is 1.33 bits per heavy atom. The Labute approximate surface area is 104 Å². The molecule has 0 unspecified atom stereocenters. The van der Waals surface area contributed by atoms with E-state index >= 15 is 0 Å². The van der Waals surface area contributed by atoms with Gasteiger partial charge in [0.15, 0.2) is 5.82 Å². The molecule has 2 aromatic rings. The maximum Gasteiger partial charge on any atom is 0.152 e. The summed E-state index contributed by atoms with van der Waals surface area (Å²) in [6.45, 7) is 4.03. The first-order chi connectivity index (χ1) is 8.65. The molecular weight excluding hydrogens is 233 g/mol. The van der Waals surface area contributed by atoms with Crippen LogP contribution >= 0.6 is 0 Å². The fourth-order valence-electron chi connectivity index (χ4n) is 2.23. The van der Waals surface area contributed by atoms with Crippen molar-refractivity contribution in [2.45, 2.75) is 20.0 Å². The highest BCUT2D eigenvalue weighted by molar-refractivity contribution is 5.68. The minimum atomic E-state index is -0.267. The van der Waals surface area contributed by atoms with Crippen molar-refractivity contribution in [2.75, 3.05) is 17.2 Å². The van der Waals surface area contributed by atoms with Gasteiger partial charge in [-0.2, -0.15) is 0 Å². The number of benzene rings is 1. The quantitative estimate of drug-likeness (QED) is 0.772. The van der Waals surface area contributed by atoms with Crippen LogP contribution in [0, 0.1) is 12.7 Å². The number of fused-ring (bicyclic) bond motifs is 1. The van der Waals surface area contributed by atoms with E-state index in [1.807, 2.05) is 4.57 Å². The van der Waals surface area contributed by atoms with E-state index in [0.717, 1.165) is 24.6 Å². The fourth-order valence-corrected chi connectivity index (χ4v) is 2.23. The minimum Gasteiger partial charge on any atom is -0.397 e. The van der Waals surface area contributed by atoms with Gasteiger partial charge in [-0.1, -0.05) is 0 Å².